The van der Waals surface area contributed by atoms with Gasteiger partial charge in [0.05, 0.1) is 0 Å². The molecule has 0 unspecified atom stereocenters. The van der Waals surface area contributed by atoms with Crippen LogP contribution in [0.25, 0.3) is 6.08 Å². The summed E-state index contributed by atoms with van der Waals surface area (Å²) in [6, 6.07) is 0. The lowest BCUT2D eigenvalue weighted by Gasteiger charge is -2.02. The van der Waals surface area contributed by atoms with Crippen molar-refractivity contribution in [1.29, 1.82) is 0 Å². The van der Waals surface area contributed by atoms with Crippen LogP contribution in [0, 0.1) is 6.92 Å². The average molecular weight is 228 g/mol. The summed E-state index contributed by atoms with van der Waals surface area (Å²) in [4.78, 5) is 1.24. The minimum atomic E-state index is 0.641. The zero-order chi connectivity index (χ0) is 10.6. The summed E-state index contributed by atoms with van der Waals surface area (Å²) < 4.78 is 0. The van der Waals surface area contributed by atoms with E-state index in [-0.39, 0.29) is 0 Å². The van der Waals surface area contributed by atoms with E-state index in [2.05, 4.69) is 30.8 Å². The Balaban J connectivity index is 2.55. The maximum Gasteiger partial charge on any atom is 0.0310 e. The molecular weight excluding hydrogens is 214 g/mol. The molecule has 0 aliphatic heterocycles. The molecule has 1 rings (SSSR count). The summed E-state index contributed by atoms with van der Waals surface area (Å²) in [6.45, 7) is 11.0. The molecule has 1 nitrogen and oxygen atoms in total. The third kappa shape index (κ3) is 2.98. The van der Waals surface area contributed by atoms with E-state index >= 15 is 0 Å². The number of hydrogen-bond donors (Lipinski definition) is 1. The van der Waals surface area contributed by atoms with Crippen molar-refractivity contribution in [2.75, 3.05) is 6.54 Å². The van der Waals surface area contributed by atoms with Crippen molar-refractivity contribution in [2.45, 2.75) is 13.5 Å². The highest BCUT2D eigenvalue weighted by Crippen LogP contribution is 2.22. The fourth-order valence-electron chi connectivity index (χ4n) is 1.18. The zero-order valence-corrected chi connectivity index (χ0v) is 9.84. The van der Waals surface area contributed by atoms with Crippen LogP contribution in [0.15, 0.2) is 23.6 Å². The van der Waals surface area contributed by atoms with Crippen LogP contribution in [-0.4, -0.2) is 6.54 Å². The Bertz CT molecular complexity index is 341. The number of hydrogen-bond acceptors (Lipinski definition) is 2. The maximum atomic E-state index is 5.65. The molecule has 0 aromatic carbocycles. The largest absolute Gasteiger partial charge is 0.308 e. The van der Waals surface area contributed by atoms with E-state index in [0.29, 0.717) is 11.6 Å². The van der Waals surface area contributed by atoms with Crippen LogP contribution in [0.2, 0.25) is 0 Å². The van der Waals surface area contributed by atoms with Gasteiger partial charge < -0.3 is 5.32 Å². The van der Waals surface area contributed by atoms with Crippen LogP contribution in [-0.2, 0) is 6.54 Å². The lowest BCUT2D eigenvalue weighted by Crippen LogP contribution is -2.14. The van der Waals surface area contributed by atoms with Gasteiger partial charge in [-0.3, -0.25) is 0 Å². The molecule has 0 spiro atoms. The minimum absolute atomic E-state index is 0.641. The molecule has 0 radical (unpaired) electrons. The van der Waals surface area contributed by atoms with Gasteiger partial charge in [0.15, 0.2) is 0 Å². The smallest absolute Gasteiger partial charge is 0.0310 e. The Morgan fingerprint density at radius 1 is 1.71 bits per heavy atom. The second-order valence-corrected chi connectivity index (χ2v) is 4.52. The average Bonchev–Trinajstić information content (AvgIpc) is 2.47. The summed E-state index contributed by atoms with van der Waals surface area (Å²) >= 11 is 7.37. The molecule has 1 aromatic heterocycles. The van der Waals surface area contributed by atoms with Crippen molar-refractivity contribution < 1.29 is 0 Å². The highest BCUT2D eigenvalue weighted by Gasteiger charge is 2.03. The van der Waals surface area contributed by atoms with Crippen molar-refractivity contribution in [1.82, 2.24) is 5.32 Å². The van der Waals surface area contributed by atoms with Crippen molar-refractivity contribution in [2.24, 2.45) is 0 Å². The topological polar surface area (TPSA) is 12.0 Å². The van der Waals surface area contributed by atoms with Gasteiger partial charge >= 0.3 is 0 Å². The molecule has 0 bridgehead atoms. The molecule has 0 aliphatic carbocycles. The Morgan fingerprint density at radius 2 is 2.43 bits per heavy atom. The lowest BCUT2D eigenvalue weighted by atomic mass is 10.2. The molecule has 1 N–H and O–H groups in total. The second kappa shape index (κ2) is 5.35. The summed E-state index contributed by atoms with van der Waals surface area (Å²) in [5.74, 6) is 0. The number of thiophene rings is 1. The van der Waals surface area contributed by atoms with Crippen LogP contribution in [0.1, 0.15) is 16.0 Å². The molecule has 1 aromatic rings. The molecule has 3 heteroatoms. The van der Waals surface area contributed by atoms with Gasteiger partial charge in [0.2, 0.25) is 0 Å². The van der Waals surface area contributed by atoms with Crippen molar-refractivity contribution >= 4 is 29.0 Å². The predicted molar refractivity (Wildman–Crippen MR) is 65.8 cm³/mol. The lowest BCUT2D eigenvalue weighted by molar-refractivity contribution is 0.753. The normalized spacial score (nSPS) is 10.1. The quantitative estimate of drug-likeness (QED) is 0.812. The molecule has 1 heterocycles. The number of rotatable bonds is 5. The summed E-state index contributed by atoms with van der Waals surface area (Å²) in [7, 11) is 0. The molecule has 76 valence electrons. The highest BCUT2D eigenvalue weighted by molar-refractivity contribution is 7.11. The SMILES string of the molecule is C=Cc1scc(CNCC(=C)Cl)c1C. The molecule has 0 fully saturated rings. The van der Waals surface area contributed by atoms with Gasteiger partial charge in [-0.15, -0.1) is 11.3 Å². The molecule has 0 aliphatic rings. The maximum absolute atomic E-state index is 5.65. The predicted octanol–water partition coefficient (Wildman–Crippen LogP) is 3.54. The molecule has 0 saturated carbocycles. The van der Waals surface area contributed by atoms with Crippen molar-refractivity contribution in [3.05, 3.63) is 39.6 Å². The van der Waals surface area contributed by atoms with E-state index in [1.807, 2.05) is 6.08 Å². The summed E-state index contributed by atoms with van der Waals surface area (Å²) in [6.07, 6.45) is 1.89. The monoisotopic (exact) mass is 227 g/mol. The third-order valence-electron chi connectivity index (χ3n) is 2.00. The van der Waals surface area contributed by atoms with Crippen LogP contribution >= 0.6 is 22.9 Å². The first-order valence-corrected chi connectivity index (χ1v) is 5.64. The molecule has 0 atom stereocenters. The minimum Gasteiger partial charge on any atom is -0.308 e. The fourth-order valence-corrected chi connectivity index (χ4v) is 2.21. The second-order valence-electron chi connectivity index (χ2n) is 3.08. The fraction of sp³-hybridized carbons (Fsp3) is 0.273. The first-order valence-electron chi connectivity index (χ1n) is 4.38. The Hall–Kier alpha value is -0.570. The van der Waals surface area contributed by atoms with E-state index in [1.165, 1.54) is 16.0 Å². The van der Waals surface area contributed by atoms with E-state index in [4.69, 9.17) is 11.6 Å². The first-order chi connectivity index (χ1) is 6.65. The van der Waals surface area contributed by atoms with Gasteiger partial charge in [-0.2, -0.15) is 0 Å². The Morgan fingerprint density at radius 3 is 2.93 bits per heavy atom. The number of halogens is 1. The highest BCUT2D eigenvalue weighted by atomic mass is 35.5. The molecule has 0 saturated heterocycles. The zero-order valence-electron chi connectivity index (χ0n) is 8.27. The van der Waals surface area contributed by atoms with Gasteiger partial charge in [0.1, 0.15) is 0 Å². The Kier molecular flexibility index (Phi) is 4.39. The first kappa shape index (κ1) is 11.5. The van der Waals surface area contributed by atoms with Crippen LogP contribution < -0.4 is 5.32 Å². The molecular formula is C11H14ClNS. The standard InChI is InChI=1S/C11H14ClNS/c1-4-11-9(3)10(7-14-11)6-13-5-8(2)12/h4,7,13H,1-2,5-6H2,3H3. The van der Waals surface area contributed by atoms with E-state index in [1.54, 1.807) is 11.3 Å². The third-order valence-corrected chi connectivity index (χ3v) is 3.26. The molecule has 0 amide bonds. The van der Waals surface area contributed by atoms with Crippen LogP contribution in [0.5, 0.6) is 0 Å². The van der Waals surface area contributed by atoms with Gasteiger partial charge in [0.25, 0.3) is 0 Å². The molecule has 14 heavy (non-hydrogen) atoms. The number of nitrogens with one attached hydrogen (secondary N) is 1. The van der Waals surface area contributed by atoms with Crippen molar-refractivity contribution in [3.63, 3.8) is 0 Å². The summed E-state index contributed by atoms with van der Waals surface area (Å²) in [5, 5.41) is 6.01. The van der Waals surface area contributed by atoms with Crippen molar-refractivity contribution in [3.8, 4) is 0 Å². The summed E-state index contributed by atoms with van der Waals surface area (Å²) in [5.41, 5.74) is 2.61. The van der Waals surface area contributed by atoms with Gasteiger partial charge in [-0.25, -0.2) is 0 Å². The van der Waals surface area contributed by atoms with Crippen LogP contribution in [0.4, 0.5) is 0 Å². The van der Waals surface area contributed by atoms with E-state index < -0.39 is 0 Å². The van der Waals surface area contributed by atoms with E-state index in [0.717, 1.165) is 6.54 Å². The van der Waals surface area contributed by atoms with E-state index in [9.17, 15) is 0 Å². The van der Waals surface area contributed by atoms with Gasteiger partial charge in [0, 0.05) is 23.0 Å². The van der Waals surface area contributed by atoms with Gasteiger partial charge in [-0.05, 0) is 23.4 Å². The van der Waals surface area contributed by atoms with Crippen LogP contribution in [0.3, 0.4) is 0 Å². The van der Waals surface area contributed by atoms with Gasteiger partial charge in [-0.1, -0.05) is 30.8 Å². The Labute approximate surface area is 94.1 Å².